The van der Waals surface area contributed by atoms with Crippen LogP contribution in [-0.2, 0) is 0 Å². The summed E-state index contributed by atoms with van der Waals surface area (Å²) in [6, 6.07) is 4.21. The van der Waals surface area contributed by atoms with Crippen LogP contribution in [0, 0.1) is 12.8 Å². The zero-order valence-corrected chi connectivity index (χ0v) is 12.1. The molecule has 1 fully saturated rings. The normalized spacial score (nSPS) is 20.6. The van der Waals surface area contributed by atoms with Crippen molar-refractivity contribution in [3.8, 4) is 0 Å². The van der Waals surface area contributed by atoms with E-state index in [0.29, 0.717) is 0 Å². The first-order chi connectivity index (χ1) is 8.20. The van der Waals surface area contributed by atoms with Crippen molar-refractivity contribution >= 4 is 21.7 Å². The third-order valence-electron chi connectivity index (χ3n) is 3.34. The molecule has 1 aliphatic rings. The van der Waals surface area contributed by atoms with Crippen molar-refractivity contribution in [3.63, 3.8) is 0 Å². The van der Waals surface area contributed by atoms with Gasteiger partial charge in [0.1, 0.15) is 5.82 Å². The molecule has 0 aliphatic carbocycles. The van der Waals surface area contributed by atoms with E-state index in [1.54, 1.807) is 0 Å². The Labute approximate surface area is 112 Å². The Morgan fingerprint density at radius 1 is 1.53 bits per heavy atom. The maximum atomic E-state index is 4.65. The van der Waals surface area contributed by atoms with Gasteiger partial charge in [0.25, 0.3) is 0 Å². The average Bonchev–Trinajstić information content (AvgIpc) is 2.33. The zero-order valence-electron chi connectivity index (χ0n) is 10.5. The van der Waals surface area contributed by atoms with Gasteiger partial charge in [-0.25, -0.2) is 4.98 Å². The lowest BCUT2D eigenvalue weighted by Crippen LogP contribution is -2.39. The van der Waals surface area contributed by atoms with E-state index in [1.807, 2.05) is 14.0 Å². The van der Waals surface area contributed by atoms with Crippen LogP contribution in [0.2, 0.25) is 0 Å². The number of rotatable bonds is 3. The van der Waals surface area contributed by atoms with Crippen molar-refractivity contribution in [1.82, 2.24) is 10.3 Å². The quantitative estimate of drug-likeness (QED) is 0.929. The summed E-state index contributed by atoms with van der Waals surface area (Å²) in [5, 5.41) is 3.28. The maximum absolute atomic E-state index is 4.65. The number of aryl methyl sites for hydroxylation is 1. The number of halogens is 1. The van der Waals surface area contributed by atoms with E-state index in [2.05, 4.69) is 43.3 Å². The first-order valence-corrected chi connectivity index (χ1v) is 7.02. The lowest BCUT2D eigenvalue weighted by molar-refractivity contribution is 0.401. The van der Waals surface area contributed by atoms with Gasteiger partial charge in [-0.2, -0.15) is 0 Å². The monoisotopic (exact) mass is 297 g/mol. The fraction of sp³-hybridized carbons (Fsp3) is 0.615. The van der Waals surface area contributed by atoms with Gasteiger partial charge in [-0.05, 0) is 67.3 Å². The molecule has 1 aliphatic heterocycles. The zero-order chi connectivity index (χ0) is 12.3. The van der Waals surface area contributed by atoms with Crippen LogP contribution in [0.25, 0.3) is 0 Å². The molecule has 17 heavy (non-hydrogen) atoms. The number of nitrogens with one attached hydrogen (secondary N) is 1. The lowest BCUT2D eigenvalue weighted by atomic mass is 9.98. The van der Waals surface area contributed by atoms with Gasteiger partial charge in [0.15, 0.2) is 0 Å². The highest BCUT2D eigenvalue weighted by Crippen LogP contribution is 2.24. The van der Waals surface area contributed by atoms with Crippen LogP contribution in [0.3, 0.4) is 0 Å². The van der Waals surface area contributed by atoms with Crippen LogP contribution < -0.4 is 10.2 Å². The van der Waals surface area contributed by atoms with Crippen LogP contribution in [0.15, 0.2) is 16.6 Å². The van der Waals surface area contributed by atoms with Crippen LogP contribution >= 0.6 is 15.9 Å². The molecule has 3 nitrogen and oxygen atoms in total. The summed E-state index contributed by atoms with van der Waals surface area (Å²) in [7, 11) is 2.03. The standard InChI is InChI=1S/C13H20BrN3/c1-10-12(14)5-6-13(16-10)17-7-3-4-11(9-17)8-15-2/h5-6,11,15H,3-4,7-9H2,1-2H3. The van der Waals surface area contributed by atoms with E-state index < -0.39 is 0 Å². The maximum Gasteiger partial charge on any atom is 0.128 e. The second-order valence-electron chi connectivity index (χ2n) is 4.75. The van der Waals surface area contributed by atoms with Crippen LogP contribution in [-0.4, -0.2) is 31.7 Å². The number of hydrogen-bond donors (Lipinski definition) is 1. The topological polar surface area (TPSA) is 28.2 Å². The summed E-state index contributed by atoms with van der Waals surface area (Å²) in [5.74, 6) is 1.87. The van der Waals surface area contributed by atoms with Crippen molar-refractivity contribution in [2.45, 2.75) is 19.8 Å². The molecule has 1 atom stereocenters. The molecular weight excluding hydrogens is 278 g/mol. The van der Waals surface area contributed by atoms with Crippen LogP contribution in [0.1, 0.15) is 18.5 Å². The van der Waals surface area contributed by atoms with Gasteiger partial charge >= 0.3 is 0 Å². The van der Waals surface area contributed by atoms with E-state index >= 15 is 0 Å². The second kappa shape index (κ2) is 5.83. The molecule has 0 aromatic carbocycles. The molecule has 2 rings (SSSR count). The SMILES string of the molecule is CNCC1CCCN(c2ccc(Br)c(C)n2)C1. The Hall–Kier alpha value is -0.610. The van der Waals surface area contributed by atoms with Crippen LogP contribution in [0.5, 0.6) is 0 Å². The number of aromatic nitrogens is 1. The van der Waals surface area contributed by atoms with E-state index in [1.165, 1.54) is 12.8 Å². The first kappa shape index (κ1) is 12.8. The number of hydrogen-bond acceptors (Lipinski definition) is 3. The molecule has 1 unspecified atom stereocenters. The van der Waals surface area contributed by atoms with Gasteiger partial charge in [0, 0.05) is 17.6 Å². The number of nitrogens with zero attached hydrogens (tertiary/aromatic N) is 2. The molecule has 0 saturated carbocycles. The van der Waals surface area contributed by atoms with Crippen molar-refractivity contribution in [1.29, 1.82) is 0 Å². The smallest absolute Gasteiger partial charge is 0.128 e. The Morgan fingerprint density at radius 2 is 2.35 bits per heavy atom. The van der Waals surface area contributed by atoms with Gasteiger partial charge in [-0.15, -0.1) is 0 Å². The summed E-state index contributed by atoms with van der Waals surface area (Å²) >= 11 is 3.50. The Kier molecular flexibility index (Phi) is 4.40. The Morgan fingerprint density at radius 3 is 3.06 bits per heavy atom. The summed E-state index contributed by atoms with van der Waals surface area (Å²) in [6.45, 7) is 5.40. The molecule has 94 valence electrons. The Bertz CT molecular complexity index is 379. The predicted molar refractivity (Wildman–Crippen MR) is 75.5 cm³/mol. The minimum Gasteiger partial charge on any atom is -0.356 e. The average molecular weight is 298 g/mol. The molecule has 1 saturated heterocycles. The highest BCUT2D eigenvalue weighted by molar-refractivity contribution is 9.10. The minimum atomic E-state index is 0.750. The van der Waals surface area contributed by atoms with Gasteiger partial charge in [-0.3, -0.25) is 0 Å². The lowest BCUT2D eigenvalue weighted by Gasteiger charge is -2.33. The van der Waals surface area contributed by atoms with Gasteiger partial charge < -0.3 is 10.2 Å². The molecule has 1 aromatic rings. The fourth-order valence-electron chi connectivity index (χ4n) is 2.44. The Balaban J connectivity index is 2.08. The fourth-order valence-corrected chi connectivity index (χ4v) is 2.66. The van der Waals surface area contributed by atoms with Crippen molar-refractivity contribution in [2.75, 3.05) is 31.6 Å². The molecule has 4 heteroatoms. The summed E-state index contributed by atoms with van der Waals surface area (Å²) in [4.78, 5) is 7.06. The second-order valence-corrected chi connectivity index (χ2v) is 5.60. The van der Waals surface area contributed by atoms with E-state index in [0.717, 1.165) is 41.5 Å². The number of pyridine rings is 1. The number of anilines is 1. The van der Waals surface area contributed by atoms with E-state index in [-0.39, 0.29) is 0 Å². The highest BCUT2D eigenvalue weighted by Gasteiger charge is 2.20. The summed E-state index contributed by atoms with van der Waals surface area (Å²) in [6.07, 6.45) is 2.59. The van der Waals surface area contributed by atoms with Gasteiger partial charge in [-0.1, -0.05) is 0 Å². The van der Waals surface area contributed by atoms with Gasteiger partial charge in [0.2, 0.25) is 0 Å². The van der Waals surface area contributed by atoms with Crippen LogP contribution in [0.4, 0.5) is 5.82 Å². The third-order valence-corrected chi connectivity index (χ3v) is 4.18. The molecule has 0 bridgehead atoms. The van der Waals surface area contributed by atoms with Crippen molar-refractivity contribution in [2.24, 2.45) is 5.92 Å². The largest absolute Gasteiger partial charge is 0.356 e. The third kappa shape index (κ3) is 3.19. The molecule has 1 N–H and O–H groups in total. The minimum absolute atomic E-state index is 0.750. The molecule has 0 amide bonds. The predicted octanol–water partition coefficient (Wildman–Crippen LogP) is 2.59. The van der Waals surface area contributed by atoms with Crippen molar-refractivity contribution < 1.29 is 0 Å². The van der Waals surface area contributed by atoms with Crippen molar-refractivity contribution in [3.05, 3.63) is 22.3 Å². The van der Waals surface area contributed by atoms with E-state index in [9.17, 15) is 0 Å². The van der Waals surface area contributed by atoms with Gasteiger partial charge in [0.05, 0.1) is 5.69 Å². The first-order valence-electron chi connectivity index (χ1n) is 6.23. The molecule has 2 heterocycles. The van der Waals surface area contributed by atoms with E-state index in [4.69, 9.17) is 0 Å². The number of piperidine rings is 1. The molecule has 1 aromatic heterocycles. The summed E-state index contributed by atoms with van der Waals surface area (Å²) in [5.41, 5.74) is 1.07. The molecule has 0 radical (unpaired) electrons. The molecule has 0 spiro atoms. The summed E-state index contributed by atoms with van der Waals surface area (Å²) < 4.78 is 1.09. The highest BCUT2D eigenvalue weighted by atomic mass is 79.9. The molecular formula is C13H20BrN3.